The molecule has 2 rings (SSSR count). The Morgan fingerprint density at radius 1 is 1.30 bits per heavy atom. The van der Waals surface area contributed by atoms with Crippen molar-refractivity contribution in [3.05, 3.63) is 35.9 Å². The molecule has 1 amide bonds. The molecule has 1 fully saturated rings. The van der Waals surface area contributed by atoms with E-state index in [2.05, 4.69) is 17.6 Å². The predicted octanol–water partition coefficient (Wildman–Crippen LogP) is 2.44. The van der Waals surface area contributed by atoms with Gasteiger partial charge in [-0.1, -0.05) is 43.7 Å². The molecule has 1 saturated carbocycles. The first-order chi connectivity index (χ1) is 11.2. The average Bonchev–Trinajstić information content (AvgIpc) is 2.54. The van der Waals surface area contributed by atoms with Gasteiger partial charge in [-0.2, -0.15) is 0 Å². The zero-order chi connectivity index (χ0) is 16.5. The van der Waals surface area contributed by atoms with E-state index in [0.717, 1.165) is 37.8 Å². The first-order valence-corrected chi connectivity index (χ1v) is 8.52. The topological polar surface area (TPSA) is 70.6 Å². The number of ether oxygens (including phenoxy) is 1. The van der Waals surface area contributed by atoms with Gasteiger partial charge in [-0.3, -0.25) is 0 Å². The average molecular weight is 320 g/mol. The molecule has 0 saturated heterocycles. The molecule has 0 spiro atoms. The largest absolute Gasteiger partial charge is 0.445 e. The lowest BCUT2D eigenvalue weighted by Crippen LogP contribution is -2.53. The molecule has 1 aliphatic rings. The van der Waals surface area contributed by atoms with E-state index in [-0.39, 0.29) is 18.7 Å². The highest BCUT2D eigenvalue weighted by molar-refractivity contribution is 5.67. The molecule has 5 heteroatoms. The number of benzene rings is 1. The summed E-state index contributed by atoms with van der Waals surface area (Å²) in [6.07, 6.45) is 3.47. The van der Waals surface area contributed by atoms with Gasteiger partial charge in [0.1, 0.15) is 6.61 Å². The fraction of sp³-hybridized carbons (Fsp3) is 0.611. The molecule has 128 valence electrons. The maximum absolute atomic E-state index is 11.7. The lowest BCUT2D eigenvalue weighted by Gasteiger charge is -2.37. The first-order valence-electron chi connectivity index (χ1n) is 8.52. The van der Waals surface area contributed by atoms with Crippen LogP contribution < -0.4 is 10.6 Å². The zero-order valence-corrected chi connectivity index (χ0v) is 13.8. The number of carbonyl (C=O) groups is 1. The summed E-state index contributed by atoms with van der Waals surface area (Å²) in [6, 6.07) is 10.3. The molecule has 1 atom stereocenters. The standard InChI is InChI=1S/C18H28N2O3/c1-2-14(8-9-21)12-19-16-10-17(11-16)20-18(22)23-13-15-6-4-3-5-7-15/h3-7,14,16-17,19,21H,2,8-13H2,1H3,(H,20,22). The predicted molar refractivity (Wildman–Crippen MR) is 90.1 cm³/mol. The molecule has 23 heavy (non-hydrogen) atoms. The van der Waals surface area contributed by atoms with Crippen LogP contribution in [-0.2, 0) is 11.3 Å². The van der Waals surface area contributed by atoms with Crippen LogP contribution in [0.3, 0.4) is 0 Å². The Labute approximate surface area is 138 Å². The third kappa shape index (κ3) is 6.20. The van der Waals surface area contributed by atoms with E-state index in [9.17, 15) is 4.79 Å². The maximum atomic E-state index is 11.7. The number of aliphatic hydroxyl groups is 1. The van der Waals surface area contributed by atoms with Gasteiger partial charge in [0.05, 0.1) is 0 Å². The summed E-state index contributed by atoms with van der Waals surface area (Å²) in [7, 11) is 0. The summed E-state index contributed by atoms with van der Waals surface area (Å²) in [4.78, 5) is 11.7. The summed E-state index contributed by atoms with van der Waals surface area (Å²) < 4.78 is 5.22. The number of aliphatic hydroxyl groups excluding tert-OH is 1. The van der Waals surface area contributed by atoms with Crippen molar-refractivity contribution in [3.8, 4) is 0 Å². The van der Waals surface area contributed by atoms with Crippen LogP contribution in [0.25, 0.3) is 0 Å². The fourth-order valence-electron chi connectivity index (χ4n) is 2.80. The number of alkyl carbamates (subject to hydrolysis) is 1. The van der Waals surface area contributed by atoms with Crippen LogP contribution in [0.4, 0.5) is 4.79 Å². The lowest BCUT2D eigenvalue weighted by molar-refractivity contribution is 0.124. The molecule has 0 bridgehead atoms. The third-order valence-electron chi connectivity index (χ3n) is 4.48. The maximum Gasteiger partial charge on any atom is 0.407 e. The molecule has 3 N–H and O–H groups in total. The Kier molecular flexibility index (Phi) is 7.36. The number of hydrogen-bond donors (Lipinski definition) is 3. The molecule has 1 aliphatic carbocycles. The minimum atomic E-state index is -0.344. The molecule has 5 nitrogen and oxygen atoms in total. The van der Waals surface area contributed by atoms with Crippen LogP contribution in [0.5, 0.6) is 0 Å². The summed E-state index contributed by atoms with van der Waals surface area (Å²) in [6.45, 7) is 3.64. The monoisotopic (exact) mass is 320 g/mol. The quantitative estimate of drug-likeness (QED) is 0.653. The van der Waals surface area contributed by atoms with Crippen LogP contribution in [0.1, 0.15) is 38.2 Å². The van der Waals surface area contributed by atoms with Gasteiger partial charge in [0.15, 0.2) is 0 Å². The summed E-state index contributed by atoms with van der Waals surface area (Å²) in [5.41, 5.74) is 0.991. The number of rotatable bonds is 9. The number of hydrogen-bond acceptors (Lipinski definition) is 4. The van der Waals surface area contributed by atoms with Gasteiger partial charge in [-0.25, -0.2) is 4.79 Å². The highest BCUT2D eigenvalue weighted by Crippen LogP contribution is 2.21. The highest BCUT2D eigenvalue weighted by atomic mass is 16.5. The Morgan fingerprint density at radius 2 is 2.04 bits per heavy atom. The molecular formula is C18H28N2O3. The summed E-state index contributed by atoms with van der Waals surface area (Å²) in [5.74, 6) is 0.530. The third-order valence-corrected chi connectivity index (χ3v) is 4.48. The summed E-state index contributed by atoms with van der Waals surface area (Å²) >= 11 is 0. The summed E-state index contributed by atoms with van der Waals surface area (Å²) in [5, 5.41) is 15.4. The number of amides is 1. The van der Waals surface area contributed by atoms with Crippen LogP contribution in [0, 0.1) is 5.92 Å². The molecule has 0 aromatic heterocycles. The van der Waals surface area contributed by atoms with Crippen LogP contribution >= 0.6 is 0 Å². The van der Waals surface area contributed by atoms with Gasteiger partial charge in [0.25, 0.3) is 0 Å². The lowest BCUT2D eigenvalue weighted by atomic mass is 9.86. The second-order valence-electron chi connectivity index (χ2n) is 6.27. The smallest absolute Gasteiger partial charge is 0.407 e. The van der Waals surface area contributed by atoms with E-state index in [4.69, 9.17) is 9.84 Å². The van der Waals surface area contributed by atoms with E-state index in [1.54, 1.807) is 0 Å². The zero-order valence-electron chi connectivity index (χ0n) is 13.8. The van der Waals surface area contributed by atoms with Crippen molar-refractivity contribution in [2.75, 3.05) is 13.2 Å². The molecule has 0 heterocycles. The minimum Gasteiger partial charge on any atom is -0.445 e. The highest BCUT2D eigenvalue weighted by Gasteiger charge is 2.30. The van der Waals surface area contributed by atoms with E-state index in [0.29, 0.717) is 18.6 Å². The molecule has 0 radical (unpaired) electrons. The van der Waals surface area contributed by atoms with Gasteiger partial charge in [-0.05, 0) is 37.3 Å². The Bertz CT molecular complexity index is 461. The van der Waals surface area contributed by atoms with Gasteiger partial charge in [-0.15, -0.1) is 0 Å². The molecule has 1 unspecified atom stereocenters. The second kappa shape index (κ2) is 9.53. The molecule has 1 aromatic rings. The van der Waals surface area contributed by atoms with E-state index < -0.39 is 0 Å². The van der Waals surface area contributed by atoms with Crippen molar-refractivity contribution < 1.29 is 14.6 Å². The van der Waals surface area contributed by atoms with Crippen molar-refractivity contribution >= 4 is 6.09 Å². The van der Waals surface area contributed by atoms with Gasteiger partial charge in [0.2, 0.25) is 0 Å². The van der Waals surface area contributed by atoms with Crippen molar-refractivity contribution in [2.45, 2.75) is 51.3 Å². The van der Waals surface area contributed by atoms with Crippen molar-refractivity contribution in [2.24, 2.45) is 5.92 Å². The van der Waals surface area contributed by atoms with Crippen molar-refractivity contribution in [1.29, 1.82) is 0 Å². The van der Waals surface area contributed by atoms with Gasteiger partial charge >= 0.3 is 6.09 Å². The van der Waals surface area contributed by atoms with Crippen LogP contribution in [0.2, 0.25) is 0 Å². The SMILES string of the molecule is CCC(CCO)CNC1CC(NC(=O)OCc2ccccc2)C1. The number of carbonyl (C=O) groups excluding carboxylic acids is 1. The Morgan fingerprint density at radius 3 is 2.70 bits per heavy atom. The fourth-order valence-corrected chi connectivity index (χ4v) is 2.80. The Hall–Kier alpha value is -1.59. The number of nitrogens with one attached hydrogen (secondary N) is 2. The molecular weight excluding hydrogens is 292 g/mol. The molecule has 1 aromatic carbocycles. The van der Waals surface area contributed by atoms with Crippen molar-refractivity contribution in [3.63, 3.8) is 0 Å². The Balaban J connectivity index is 1.56. The van der Waals surface area contributed by atoms with E-state index in [1.807, 2.05) is 30.3 Å². The second-order valence-corrected chi connectivity index (χ2v) is 6.27. The first kappa shape index (κ1) is 17.8. The van der Waals surface area contributed by atoms with E-state index in [1.165, 1.54) is 0 Å². The van der Waals surface area contributed by atoms with Crippen LogP contribution in [0.15, 0.2) is 30.3 Å². The normalized spacial score (nSPS) is 21.3. The van der Waals surface area contributed by atoms with Crippen LogP contribution in [-0.4, -0.2) is 36.4 Å². The van der Waals surface area contributed by atoms with Crippen molar-refractivity contribution in [1.82, 2.24) is 10.6 Å². The van der Waals surface area contributed by atoms with E-state index >= 15 is 0 Å². The van der Waals surface area contributed by atoms with Gasteiger partial charge < -0.3 is 20.5 Å². The van der Waals surface area contributed by atoms with Gasteiger partial charge in [0, 0.05) is 18.7 Å². The molecule has 0 aliphatic heterocycles. The minimum absolute atomic E-state index is 0.202.